The molecule has 1 aromatic rings. The van der Waals surface area contributed by atoms with E-state index in [0.717, 1.165) is 24.5 Å². The Labute approximate surface area is 121 Å². The molecule has 0 unspecified atom stereocenters. The number of nitrogens with zero attached hydrogens (tertiary/aromatic N) is 3. The summed E-state index contributed by atoms with van der Waals surface area (Å²) in [5.74, 6) is -0.759. The summed E-state index contributed by atoms with van der Waals surface area (Å²) in [6, 6.07) is 8.21. The van der Waals surface area contributed by atoms with Gasteiger partial charge in [0.05, 0.1) is 6.42 Å². The van der Waals surface area contributed by atoms with E-state index in [1.54, 1.807) is 0 Å². The minimum atomic E-state index is -0.759. The van der Waals surface area contributed by atoms with Crippen molar-refractivity contribution in [2.75, 3.05) is 57.6 Å². The van der Waals surface area contributed by atoms with E-state index in [1.807, 2.05) is 45.2 Å². The van der Waals surface area contributed by atoms with Crippen LogP contribution in [0.1, 0.15) is 6.42 Å². The van der Waals surface area contributed by atoms with Crippen molar-refractivity contribution in [3.8, 4) is 0 Å². The van der Waals surface area contributed by atoms with Gasteiger partial charge < -0.3 is 19.8 Å². The van der Waals surface area contributed by atoms with Crippen LogP contribution in [-0.2, 0) is 4.79 Å². The molecule has 0 radical (unpaired) electrons. The van der Waals surface area contributed by atoms with E-state index in [0.29, 0.717) is 6.54 Å². The lowest BCUT2D eigenvalue weighted by Crippen LogP contribution is -2.33. The molecule has 0 spiro atoms. The summed E-state index contributed by atoms with van der Waals surface area (Å²) in [4.78, 5) is 17.0. The molecule has 0 aliphatic carbocycles. The molecule has 5 heteroatoms. The summed E-state index contributed by atoms with van der Waals surface area (Å²) >= 11 is 0. The smallest absolute Gasteiger partial charge is 0.305 e. The highest BCUT2D eigenvalue weighted by Crippen LogP contribution is 2.19. The van der Waals surface area contributed by atoms with Crippen LogP contribution in [0.2, 0.25) is 0 Å². The molecule has 1 rings (SSSR count). The molecule has 0 saturated carbocycles. The van der Waals surface area contributed by atoms with E-state index in [2.05, 4.69) is 21.9 Å². The number of anilines is 2. The van der Waals surface area contributed by atoms with Crippen molar-refractivity contribution < 1.29 is 9.90 Å². The number of likely N-dealkylation sites (N-methyl/N-ethyl adjacent to an activating group) is 1. The molecule has 20 heavy (non-hydrogen) atoms. The molecule has 1 aromatic carbocycles. The second kappa shape index (κ2) is 7.75. The van der Waals surface area contributed by atoms with Gasteiger partial charge in [0, 0.05) is 45.1 Å². The number of carboxylic acid groups (broad SMARTS) is 1. The second-order valence-electron chi connectivity index (χ2n) is 5.34. The lowest BCUT2D eigenvalue weighted by molar-refractivity contribution is -0.136. The van der Waals surface area contributed by atoms with Gasteiger partial charge in [0.25, 0.3) is 0 Å². The van der Waals surface area contributed by atoms with Crippen molar-refractivity contribution in [3.63, 3.8) is 0 Å². The van der Waals surface area contributed by atoms with Gasteiger partial charge in [-0.1, -0.05) is 0 Å². The summed E-state index contributed by atoms with van der Waals surface area (Å²) in [5, 5.41) is 8.86. The average molecular weight is 279 g/mol. The highest BCUT2D eigenvalue weighted by atomic mass is 16.4. The maximum atomic E-state index is 10.8. The molecule has 0 amide bonds. The molecule has 0 saturated heterocycles. The fraction of sp³-hybridized carbons (Fsp3) is 0.533. The Morgan fingerprint density at radius 2 is 1.50 bits per heavy atom. The number of carbonyl (C=O) groups is 1. The normalized spacial score (nSPS) is 10.7. The van der Waals surface area contributed by atoms with Crippen LogP contribution in [0.15, 0.2) is 24.3 Å². The number of hydrogen-bond acceptors (Lipinski definition) is 4. The molecular weight excluding hydrogens is 254 g/mol. The Morgan fingerprint density at radius 3 is 1.95 bits per heavy atom. The zero-order valence-electron chi connectivity index (χ0n) is 12.8. The summed E-state index contributed by atoms with van der Waals surface area (Å²) in [5.41, 5.74) is 2.21. The first-order valence-corrected chi connectivity index (χ1v) is 6.79. The molecule has 0 fully saturated rings. The van der Waals surface area contributed by atoms with E-state index in [-0.39, 0.29) is 6.42 Å². The summed E-state index contributed by atoms with van der Waals surface area (Å²) < 4.78 is 0. The number of benzene rings is 1. The van der Waals surface area contributed by atoms with Gasteiger partial charge in [0.1, 0.15) is 0 Å². The van der Waals surface area contributed by atoms with Gasteiger partial charge in [-0.2, -0.15) is 0 Å². The third-order valence-electron chi connectivity index (χ3n) is 3.14. The van der Waals surface area contributed by atoms with Crippen molar-refractivity contribution in [1.29, 1.82) is 0 Å². The first-order valence-electron chi connectivity index (χ1n) is 6.79. The Hall–Kier alpha value is -1.75. The van der Waals surface area contributed by atoms with Crippen molar-refractivity contribution in [2.45, 2.75) is 6.42 Å². The lowest BCUT2D eigenvalue weighted by Gasteiger charge is -2.26. The Kier molecular flexibility index (Phi) is 6.31. The number of aliphatic carboxylic acids is 1. The Bertz CT molecular complexity index is 416. The number of carboxylic acids is 1. The molecule has 112 valence electrons. The maximum absolute atomic E-state index is 10.8. The number of hydrogen-bond donors (Lipinski definition) is 1. The standard InChI is InChI=1S/C15H25N3O2/c1-16(2)11-12-18(10-9-15(19)20)14-7-5-13(6-8-14)17(3)4/h5-8H,9-12H2,1-4H3,(H,19,20). The van der Waals surface area contributed by atoms with Gasteiger partial charge in [-0.05, 0) is 38.4 Å². The summed E-state index contributed by atoms with van der Waals surface area (Å²) in [7, 11) is 8.04. The fourth-order valence-electron chi connectivity index (χ4n) is 1.88. The molecule has 1 N–H and O–H groups in total. The lowest BCUT2D eigenvalue weighted by atomic mass is 10.2. The van der Waals surface area contributed by atoms with Gasteiger partial charge in [-0.15, -0.1) is 0 Å². The first-order chi connectivity index (χ1) is 9.40. The quantitative estimate of drug-likeness (QED) is 0.783. The predicted octanol–water partition coefficient (Wildman–Crippen LogP) is 1.60. The molecule has 0 heterocycles. The third kappa shape index (κ3) is 5.48. The van der Waals surface area contributed by atoms with Crippen LogP contribution in [0, 0.1) is 0 Å². The van der Waals surface area contributed by atoms with Gasteiger partial charge in [0.2, 0.25) is 0 Å². The van der Waals surface area contributed by atoms with Crippen molar-refractivity contribution in [2.24, 2.45) is 0 Å². The fourth-order valence-corrected chi connectivity index (χ4v) is 1.88. The van der Waals surface area contributed by atoms with Crippen LogP contribution in [0.25, 0.3) is 0 Å². The van der Waals surface area contributed by atoms with Gasteiger partial charge in [-0.3, -0.25) is 4.79 Å². The van der Waals surface area contributed by atoms with E-state index < -0.39 is 5.97 Å². The van der Waals surface area contributed by atoms with E-state index >= 15 is 0 Å². The maximum Gasteiger partial charge on any atom is 0.305 e. The zero-order valence-corrected chi connectivity index (χ0v) is 12.8. The average Bonchev–Trinajstić information content (AvgIpc) is 2.38. The largest absolute Gasteiger partial charge is 0.481 e. The second-order valence-corrected chi connectivity index (χ2v) is 5.34. The summed E-state index contributed by atoms with van der Waals surface area (Å²) in [6.07, 6.45) is 0.156. The molecule has 0 aromatic heterocycles. The molecule has 0 bridgehead atoms. The molecule has 0 atom stereocenters. The Morgan fingerprint density at radius 1 is 0.950 bits per heavy atom. The monoisotopic (exact) mass is 279 g/mol. The van der Waals surface area contributed by atoms with Crippen LogP contribution < -0.4 is 9.80 Å². The van der Waals surface area contributed by atoms with Gasteiger partial charge in [0.15, 0.2) is 0 Å². The zero-order chi connectivity index (χ0) is 15.1. The van der Waals surface area contributed by atoms with Gasteiger partial charge >= 0.3 is 5.97 Å². The number of rotatable bonds is 8. The van der Waals surface area contributed by atoms with Crippen molar-refractivity contribution in [3.05, 3.63) is 24.3 Å². The van der Waals surface area contributed by atoms with Crippen LogP contribution >= 0.6 is 0 Å². The third-order valence-corrected chi connectivity index (χ3v) is 3.14. The van der Waals surface area contributed by atoms with E-state index in [1.165, 1.54) is 0 Å². The minimum absolute atomic E-state index is 0.156. The highest BCUT2D eigenvalue weighted by molar-refractivity contribution is 5.68. The van der Waals surface area contributed by atoms with Crippen LogP contribution in [0.3, 0.4) is 0 Å². The minimum Gasteiger partial charge on any atom is -0.481 e. The van der Waals surface area contributed by atoms with E-state index in [9.17, 15) is 4.79 Å². The molecule has 0 aliphatic heterocycles. The van der Waals surface area contributed by atoms with Crippen molar-refractivity contribution in [1.82, 2.24) is 4.90 Å². The van der Waals surface area contributed by atoms with Gasteiger partial charge in [-0.25, -0.2) is 0 Å². The SMILES string of the molecule is CN(C)CCN(CCC(=O)O)c1ccc(N(C)C)cc1. The highest BCUT2D eigenvalue weighted by Gasteiger charge is 2.09. The van der Waals surface area contributed by atoms with Crippen molar-refractivity contribution >= 4 is 17.3 Å². The van der Waals surface area contributed by atoms with Crippen LogP contribution in [-0.4, -0.2) is 63.8 Å². The first kappa shape index (κ1) is 16.3. The molecule has 0 aliphatic rings. The topological polar surface area (TPSA) is 47.0 Å². The molecular formula is C15H25N3O2. The Balaban J connectivity index is 2.76. The van der Waals surface area contributed by atoms with Crippen LogP contribution in [0.5, 0.6) is 0 Å². The van der Waals surface area contributed by atoms with E-state index in [4.69, 9.17) is 5.11 Å². The predicted molar refractivity (Wildman–Crippen MR) is 83.8 cm³/mol. The summed E-state index contributed by atoms with van der Waals surface area (Å²) in [6.45, 7) is 2.25. The van der Waals surface area contributed by atoms with Crippen LogP contribution in [0.4, 0.5) is 11.4 Å². The molecule has 5 nitrogen and oxygen atoms in total.